The van der Waals surface area contributed by atoms with Crippen molar-refractivity contribution in [1.29, 1.82) is 0 Å². The number of rotatable bonds is 5. The third kappa shape index (κ3) is 3.14. The van der Waals surface area contributed by atoms with Gasteiger partial charge in [0.05, 0.1) is 12.0 Å². The number of hydrogen-bond donors (Lipinski definition) is 1. The predicted molar refractivity (Wildman–Crippen MR) is 82.0 cm³/mol. The minimum absolute atomic E-state index is 0.0899. The van der Waals surface area contributed by atoms with Gasteiger partial charge in [-0.15, -0.1) is 6.42 Å². The van der Waals surface area contributed by atoms with Crippen molar-refractivity contribution < 1.29 is 4.79 Å². The molecule has 20 heavy (non-hydrogen) atoms. The quantitative estimate of drug-likeness (QED) is 0.660. The van der Waals surface area contributed by atoms with Gasteiger partial charge in [0.15, 0.2) is 0 Å². The maximum atomic E-state index is 12.8. The van der Waals surface area contributed by atoms with E-state index in [1.807, 2.05) is 43.0 Å². The molecule has 0 radical (unpaired) electrons. The molecular weight excluding hydrogens is 248 g/mol. The zero-order valence-corrected chi connectivity index (χ0v) is 12.2. The monoisotopic (exact) mass is 270 g/mol. The molecule has 1 amide bonds. The maximum Gasteiger partial charge on any atom is 0.233 e. The van der Waals surface area contributed by atoms with Crippen LogP contribution in [0, 0.1) is 18.3 Å². The highest BCUT2D eigenvalue weighted by Gasteiger charge is 2.35. The molecule has 0 heterocycles. The molecule has 0 saturated heterocycles. The van der Waals surface area contributed by atoms with Crippen LogP contribution in [0.2, 0.25) is 0 Å². The van der Waals surface area contributed by atoms with E-state index in [-0.39, 0.29) is 5.91 Å². The maximum absolute atomic E-state index is 12.8. The van der Waals surface area contributed by atoms with Crippen LogP contribution in [0.15, 0.2) is 24.3 Å². The van der Waals surface area contributed by atoms with Crippen molar-refractivity contribution in [2.45, 2.75) is 32.1 Å². The van der Waals surface area contributed by atoms with Crippen LogP contribution in [0.4, 0.5) is 5.69 Å². The van der Waals surface area contributed by atoms with Crippen LogP contribution in [0.5, 0.6) is 0 Å². The van der Waals surface area contributed by atoms with Gasteiger partial charge < -0.3 is 10.6 Å². The lowest BCUT2D eigenvalue weighted by atomic mass is 9.83. The average molecular weight is 270 g/mol. The Kier molecular flexibility index (Phi) is 4.04. The Morgan fingerprint density at radius 2 is 2.00 bits per heavy atom. The van der Waals surface area contributed by atoms with E-state index < -0.39 is 5.41 Å². The molecule has 0 spiro atoms. The van der Waals surface area contributed by atoms with Crippen LogP contribution < -0.4 is 5.73 Å². The Bertz CT molecular complexity index is 521. The molecular formula is C17H22N2O. The first-order valence-corrected chi connectivity index (χ1v) is 7.04. The van der Waals surface area contributed by atoms with Crippen molar-refractivity contribution in [3.05, 3.63) is 29.8 Å². The summed E-state index contributed by atoms with van der Waals surface area (Å²) < 4.78 is 0. The van der Waals surface area contributed by atoms with E-state index in [4.69, 9.17) is 12.2 Å². The van der Waals surface area contributed by atoms with E-state index in [0.717, 1.165) is 12.1 Å². The van der Waals surface area contributed by atoms with Crippen molar-refractivity contribution in [1.82, 2.24) is 4.90 Å². The van der Waals surface area contributed by atoms with Crippen LogP contribution >= 0.6 is 0 Å². The van der Waals surface area contributed by atoms with E-state index in [1.54, 1.807) is 0 Å². The molecule has 1 aromatic carbocycles. The summed E-state index contributed by atoms with van der Waals surface area (Å²) in [6.45, 7) is 5.05. The predicted octanol–water partition coefficient (Wildman–Crippen LogP) is 2.42. The van der Waals surface area contributed by atoms with Crippen molar-refractivity contribution in [2.24, 2.45) is 5.92 Å². The van der Waals surface area contributed by atoms with Crippen LogP contribution in [0.25, 0.3) is 0 Å². The summed E-state index contributed by atoms with van der Waals surface area (Å²) in [6.07, 6.45) is 7.81. The number of terminal acetylenes is 1. The first-order valence-electron chi connectivity index (χ1n) is 7.04. The molecule has 2 N–H and O–H groups in total. The molecule has 1 fully saturated rings. The van der Waals surface area contributed by atoms with Crippen molar-refractivity contribution in [3.63, 3.8) is 0 Å². The van der Waals surface area contributed by atoms with Gasteiger partial charge in [0, 0.05) is 12.2 Å². The summed E-state index contributed by atoms with van der Waals surface area (Å²) in [4.78, 5) is 14.6. The largest absolute Gasteiger partial charge is 0.399 e. The molecule has 3 nitrogen and oxygen atoms in total. The first kappa shape index (κ1) is 14.5. The van der Waals surface area contributed by atoms with Gasteiger partial charge in [-0.25, -0.2) is 0 Å². The second-order valence-corrected chi connectivity index (χ2v) is 6.08. The van der Waals surface area contributed by atoms with Gasteiger partial charge >= 0.3 is 0 Å². The number of benzene rings is 1. The molecule has 1 saturated carbocycles. The van der Waals surface area contributed by atoms with E-state index >= 15 is 0 Å². The highest BCUT2D eigenvalue weighted by atomic mass is 16.2. The molecule has 3 heteroatoms. The van der Waals surface area contributed by atoms with Crippen LogP contribution in [-0.2, 0) is 10.2 Å². The molecule has 0 aromatic heterocycles. The Labute approximate surface area is 121 Å². The normalized spacial score (nSPS) is 14.7. The lowest BCUT2D eigenvalue weighted by Crippen LogP contribution is -2.44. The highest BCUT2D eigenvalue weighted by Crippen LogP contribution is 2.32. The Balaban J connectivity index is 2.18. The number of nitrogen functional groups attached to an aromatic ring is 1. The second kappa shape index (κ2) is 5.58. The molecule has 1 aliphatic rings. The summed E-state index contributed by atoms with van der Waals surface area (Å²) in [5.41, 5.74) is 6.79. The zero-order valence-electron chi connectivity index (χ0n) is 12.2. The highest BCUT2D eigenvalue weighted by molar-refractivity contribution is 5.87. The number of anilines is 1. The minimum Gasteiger partial charge on any atom is -0.399 e. The Morgan fingerprint density at radius 1 is 1.40 bits per heavy atom. The lowest BCUT2D eigenvalue weighted by Gasteiger charge is -2.31. The molecule has 0 bridgehead atoms. The number of nitrogens with two attached hydrogens (primary N) is 1. The number of nitrogens with zero attached hydrogens (tertiary/aromatic N) is 1. The number of hydrogen-bond acceptors (Lipinski definition) is 2. The van der Waals surface area contributed by atoms with Crippen LogP contribution in [0.1, 0.15) is 32.3 Å². The second-order valence-electron chi connectivity index (χ2n) is 6.08. The van der Waals surface area contributed by atoms with E-state index in [9.17, 15) is 4.79 Å². The number of carbonyl (C=O) groups excluding carboxylic acids is 1. The SMILES string of the molecule is C#CCN(CC1CC1)C(=O)C(C)(C)c1ccc(N)cc1. The molecule has 1 aromatic rings. The van der Waals surface area contributed by atoms with Gasteiger partial charge in [-0.1, -0.05) is 18.1 Å². The van der Waals surface area contributed by atoms with Crippen molar-refractivity contribution in [3.8, 4) is 12.3 Å². The molecule has 2 rings (SSSR count). The van der Waals surface area contributed by atoms with Gasteiger partial charge in [0.25, 0.3) is 0 Å². The van der Waals surface area contributed by atoms with E-state index in [0.29, 0.717) is 18.2 Å². The van der Waals surface area contributed by atoms with Crippen molar-refractivity contribution >= 4 is 11.6 Å². The van der Waals surface area contributed by atoms with Crippen molar-refractivity contribution in [2.75, 3.05) is 18.8 Å². The molecule has 106 valence electrons. The third-order valence-electron chi connectivity index (χ3n) is 3.91. The van der Waals surface area contributed by atoms with Gasteiger partial charge in [0.1, 0.15) is 0 Å². The fraction of sp³-hybridized carbons (Fsp3) is 0.471. The number of amides is 1. The molecule has 1 aliphatic carbocycles. The first-order chi connectivity index (χ1) is 9.45. The van der Waals surface area contributed by atoms with Gasteiger partial charge in [-0.05, 0) is 50.3 Å². The molecule has 0 aliphatic heterocycles. The van der Waals surface area contributed by atoms with Gasteiger partial charge in [-0.3, -0.25) is 4.79 Å². The molecule has 0 atom stereocenters. The van der Waals surface area contributed by atoms with E-state index in [1.165, 1.54) is 12.8 Å². The minimum atomic E-state index is -0.584. The summed E-state index contributed by atoms with van der Waals surface area (Å²) >= 11 is 0. The molecule has 0 unspecified atom stereocenters. The zero-order chi connectivity index (χ0) is 14.8. The summed E-state index contributed by atoms with van der Waals surface area (Å²) in [7, 11) is 0. The third-order valence-corrected chi connectivity index (χ3v) is 3.91. The summed E-state index contributed by atoms with van der Waals surface area (Å²) in [5.74, 6) is 3.32. The van der Waals surface area contributed by atoms with E-state index in [2.05, 4.69) is 5.92 Å². The lowest BCUT2D eigenvalue weighted by molar-refractivity contribution is -0.135. The summed E-state index contributed by atoms with van der Waals surface area (Å²) in [5, 5.41) is 0. The van der Waals surface area contributed by atoms with Gasteiger partial charge in [-0.2, -0.15) is 0 Å². The number of carbonyl (C=O) groups is 1. The topological polar surface area (TPSA) is 46.3 Å². The smallest absolute Gasteiger partial charge is 0.233 e. The fourth-order valence-corrected chi connectivity index (χ4v) is 2.36. The standard InChI is InChI=1S/C17H22N2O/c1-4-11-19(12-13-5-6-13)16(20)17(2,3)14-7-9-15(18)10-8-14/h1,7-10,13H,5-6,11-12,18H2,2-3H3. The Morgan fingerprint density at radius 3 is 2.50 bits per heavy atom. The van der Waals surface area contributed by atoms with Crippen LogP contribution in [-0.4, -0.2) is 23.9 Å². The van der Waals surface area contributed by atoms with Crippen LogP contribution in [0.3, 0.4) is 0 Å². The Hall–Kier alpha value is -1.95. The average Bonchev–Trinajstić information content (AvgIpc) is 3.22. The summed E-state index contributed by atoms with van der Waals surface area (Å²) in [6, 6.07) is 7.49. The van der Waals surface area contributed by atoms with Gasteiger partial charge in [0.2, 0.25) is 5.91 Å². The fourth-order valence-electron chi connectivity index (χ4n) is 2.36.